The van der Waals surface area contributed by atoms with Gasteiger partial charge >= 0.3 is 0 Å². The van der Waals surface area contributed by atoms with Crippen LogP contribution in [0.25, 0.3) is 27.8 Å². The summed E-state index contributed by atoms with van der Waals surface area (Å²) in [5.74, 6) is 0.459. The van der Waals surface area contributed by atoms with Crippen molar-refractivity contribution in [1.29, 1.82) is 0 Å². The molecule has 5 heterocycles. The summed E-state index contributed by atoms with van der Waals surface area (Å²) in [7, 11) is 0. The monoisotopic (exact) mass is 402 g/mol. The molecule has 0 bridgehead atoms. The van der Waals surface area contributed by atoms with Gasteiger partial charge in [-0.15, -0.1) is 5.10 Å². The van der Waals surface area contributed by atoms with Crippen molar-refractivity contribution >= 4 is 33.7 Å². The summed E-state index contributed by atoms with van der Waals surface area (Å²) in [6.45, 7) is 1.54. The standard InChI is InChI=1S/C19H18N10O/c1-2-15(7-16-12(1)8-21-25-16)29-18-17(26-27-29)10-20-19(24-18)23-13-9-22-28(11-13)14-3-5-30-6-4-14/h1-2,7-11,14H,3-6H2,(H,21,25)(H,20,23,24). The van der Waals surface area contributed by atoms with Crippen LogP contribution in [0, 0.1) is 0 Å². The predicted molar refractivity (Wildman–Crippen MR) is 109 cm³/mol. The quantitative estimate of drug-likeness (QED) is 0.469. The van der Waals surface area contributed by atoms with Crippen LogP contribution < -0.4 is 5.32 Å². The van der Waals surface area contributed by atoms with Gasteiger partial charge in [-0.3, -0.25) is 9.78 Å². The van der Waals surface area contributed by atoms with Crippen LogP contribution in [0.15, 0.2) is 43.0 Å². The molecule has 0 spiro atoms. The normalized spacial score (nSPS) is 15.2. The number of aromatic amines is 1. The second-order valence-electron chi connectivity index (χ2n) is 7.22. The highest BCUT2D eigenvalue weighted by Crippen LogP contribution is 2.23. The van der Waals surface area contributed by atoms with Gasteiger partial charge in [0.25, 0.3) is 0 Å². The minimum atomic E-state index is 0.362. The van der Waals surface area contributed by atoms with Gasteiger partial charge in [0.15, 0.2) is 11.2 Å². The number of hydrogen-bond acceptors (Lipinski definition) is 8. The van der Waals surface area contributed by atoms with Crippen LogP contribution in [0.5, 0.6) is 0 Å². The molecule has 0 atom stereocenters. The Balaban J connectivity index is 1.30. The van der Waals surface area contributed by atoms with Crippen molar-refractivity contribution in [2.45, 2.75) is 18.9 Å². The third-order valence-corrected chi connectivity index (χ3v) is 5.29. The molecule has 150 valence electrons. The minimum Gasteiger partial charge on any atom is -0.381 e. The number of hydrogen-bond donors (Lipinski definition) is 2. The highest BCUT2D eigenvalue weighted by atomic mass is 16.5. The lowest BCUT2D eigenvalue weighted by molar-refractivity contribution is 0.0662. The molecule has 11 nitrogen and oxygen atoms in total. The fourth-order valence-corrected chi connectivity index (χ4v) is 3.70. The van der Waals surface area contributed by atoms with E-state index in [2.05, 4.69) is 40.9 Å². The number of aromatic nitrogens is 9. The van der Waals surface area contributed by atoms with Crippen LogP contribution in [0.1, 0.15) is 18.9 Å². The van der Waals surface area contributed by atoms with Gasteiger partial charge in [0.2, 0.25) is 5.95 Å². The molecule has 2 N–H and O–H groups in total. The van der Waals surface area contributed by atoms with Crippen molar-refractivity contribution in [2.24, 2.45) is 0 Å². The zero-order valence-electron chi connectivity index (χ0n) is 15.9. The number of nitrogens with one attached hydrogen (secondary N) is 2. The molecule has 4 aromatic heterocycles. The van der Waals surface area contributed by atoms with Crippen LogP contribution in [0.2, 0.25) is 0 Å². The van der Waals surface area contributed by atoms with E-state index < -0.39 is 0 Å². The lowest BCUT2D eigenvalue weighted by Crippen LogP contribution is -2.19. The summed E-state index contributed by atoms with van der Waals surface area (Å²) < 4.78 is 9.10. The van der Waals surface area contributed by atoms with Crippen LogP contribution in [-0.2, 0) is 4.74 Å². The molecule has 0 saturated carbocycles. The summed E-state index contributed by atoms with van der Waals surface area (Å²) in [5, 5.41) is 24.2. The highest BCUT2D eigenvalue weighted by Gasteiger charge is 2.17. The van der Waals surface area contributed by atoms with Crippen molar-refractivity contribution in [3.8, 4) is 5.69 Å². The van der Waals surface area contributed by atoms with E-state index in [4.69, 9.17) is 4.74 Å². The van der Waals surface area contributed by atoms with E-state index in [1.54, 1.807) is 23.3 Å². The lowest BCUT2D eigenvalue weighted by atomic mass is 10.1. The number of ether oxygens (including phenoxy) is 1. The number of rotatable bonds is 4. The SMILES string of the molecule is c1nn(C2CCOCC2)cc1Nc1ncc2nnn(-c3ccc4cn[nH]c4c3)c2n1. The van der Waals surface area contributed by atoms with E-state index in [0.29, 0.717) is 23.2 Å². The molecule has 1 saturated heterocycles. The molecule has 1 aromatic carbocycles. The van der Waals surface area contributed by atoms with E-state index in [1.807, 2.05) is 29.1 Å². The van der Waals surface area contributed by atoms with Gasteiger partial charge in [0.05, 0.1) is 41.5 Å². The van der Waals surface area contributed by atoms with E-state index in [-0.39, 0.29) is 0 Å². The average Bonchev–Trinajstić information content (AvgIpc) is 3.53. The molecule has 30 heavy (non-hydrogen) atoms. The molecule has 1 fully saturated rings. The Kier molecular flexibility index (Phi) is 3.91. The maximum Gasteiger partial charge on any atom is 0.229 e. The minimum absolute atomic E-state index is 0.362. The Labute approximate surface area is 170 Å². The van der Waals surface area contributed by atoms with Crippen molar-refractivity contribution in [3.63, 3.8) is 0 Å². The molecular weight excluding hydrogens is 384 g/mol. The lowest BCUT2D eigenvalue weighted by Gasteiger charge is -2.22. The second kappa shape index (κ2) is 6.88. The third-order valence-electron chi connectivity index (χ3n) is 5.29. The van der Waals surface area contributed by atoms with E-state index in [9.17, 15) is 0 Å². The molecule has 0 unspecified atom stereocenters. The molecule has 1 aliphatic heterocycles. The first-order chi connectivity index (χ1) is 14.8. The number of H-pyrrole nitrogens is 1. The first kappa shape index (κ1) is 17.0. The second-order valence-corrected chi connectivity index (χ2v) is 7.22. The Morgan fingerprint density at radius 1 is 1.13 bits per heavy atom. The summed E-state index contributed by atoms with van der Waals surface area (Å²) >= 11 is 0. The van der Waals surface area contributed by atoms with E-state index in [1.165, 1.54) is 0 Å². The Bertz CT molecular complexity index is 1330. The Morgan fingerprint density at radius 2 is 2.07 bits per heavy atom. The summed E-state index contributed by atoms with van der Waals surface area (Å²) in [4.78, 5) is 8.99. The van der Waals surface area contributed by atoms with E-state index >= 15 is 0 Å². The van der Waals surface area contributed by atoms with Gasteiger partial charge in [0.1, 0.15) is 0 Å². The predicted octanol–water partition coefficient (Wildman–Crippen LogP) is 2.38. The Hall–Kier alpha value is -3.86. The summed E-state index contributed by atoms with van der Waals surface area (Å²) in [5.41, 5.74) is 3.82. The number of benzene rings is 1. The van der Waals surface area contributed by atoms with Crippen LogP contribution in [0.3, 0.4) is 0 Å². The van der Waals surface area contributed by atoms with Gasteiger partial charge in [-0.1, -0.05) is 5.21 Å². The zero-order valence-corrected chi connectivity index (χ0v) is 15.9. The fraction of sp³-hybridized carbons (Fsp3) is 0.263. The molecule has 6 rings (SSSR count). The van der Waals surface area contributed by atoms with Gasteiger partial charge in [0, 0.05) is 24.8 Å². The van der Waals surface area contributed by atoms with Gasteiger partial charge in [-0.05, 0) is 31.0 Å². The van der Waals surface area contributed by atoms with Crippen molar-refractivity contribution < 1.29 is 4.74 Å². The van der Waals surface area contributed by atoms with Gasteiger partial charge in [-0.2, -0.15) is 19.9 Å². The number of anilines is 2. The molecule has 5 aromatic rings. The summed E-state index contributed by atoms with van der Waals surface area (Å²) in [6.07, 6.45) is 9.13. The third kappa shape index (κ3) is 2.95. The maximum absolute atomic E-state index is 5.43. The molecule has 0 amide bonds. The van der Waals surface area contributed by atoms with Crippen LogP contribution >= 0.6 is 0 Å². The molecule has 0 aliphatic carbocycles. The van der Waals surface area contributed by atoms with Crippen molar-refractivity contribution in [2.75, 3.05) is 18.5 Å². The van der Waals surface area contributed by atoms with E-state index in [0.717, 1.165) is 48.3 Å². The summed E-state index contributed by atoms with van der Waals surface area (Å²) in [6, 6.07) is 6.26. The van der Waals surface area contributed by atoms with Gasteiger partial charge < -0.3 is 10.1 Å². The van der Waals surface area contributed by atoms with Crippen molar-refractivity contribution in [3.05, 3.63) is 43.0 Å². The molecular formula is C19H18N10O. The first-order valence-corrected chi connectivity index (χ1v) is 9.74. The number of fused-ring (bicyclic) bond motifs is 2. The van der Waals surface area contributed by atoms with Crippen molar-refractivity contribution in [1.82, 2.24) is 44.9 Å². The van der Waals surface area contributed by atoms with Crippen LogP contribution in [0.4, 0.5) is 11.6 Å². The molecule has 1 aliphatic rings. The zero-order chi connectivity index (χ0) is 19.9. The fourth-order valence-electron chi connectivity index (χ4n) is 3.70. The molecule has 0 radical (unpaired) electrons. The topological polar surface area (TPSA) is 124 Å². The largest absolute Gasteiger partial charge is 0.381 e. The highest BCUT2D eigenvalue weighted by molar-refractivity contribution is 5.81. The van der Waals surface area contributed by atoms with Gasteiger partial charge in [-0.25, -0.2) is 4.98 Å². The smallest absolute Gasteiger partial charge is 0.229 e. The molecule has 11 heteroatoms. The maximum atomic E-state index is 5.43. The Morgan fingerprint density at radius 3 is 3.00 bits per heavy atom. The number of nitrogens with zero attached hydrogens (tertiary/aromatic N) is 8. The average molecular weight is 402 g/mol. The van der Waals surface area contributed by atoms with Crippen LogP contribution in [-0.4, -0.2) is 58.2 Å². The first-order valence-electron chi connectivity index (χ1n) is 9.74.